The van der Waals surface area contributed by atoms with Crippen LogP contribution in [0.25, 0.3) is 0 Å². The first-order valence-corrected chi connectivity index (χ1v) is 8.18. The van der Waals surface area contributed by atoms with Crippen LogP contribution in [0.3, 0.4) is 0 Å². The molecule has 21 heavy (non-hydrogen) atoms. The molecule has 2 atom stereocenters. The topological polar surface area (TPSA) is 23.9 Å². The molecule has 2 aliphatic carbocycles. The third-order valence-corrected chi connectivity index (χ3v) is 5.47. The summed E-state index contributed by atoms with van der Waals surface area (Å²) in [6.45, 7) is 4.54. The highest BCUT2D eigenvalue weighted by Gasteiger charge is 2.32. The van der Waals surface area contributed by atoms with Crippen molar-refractivity contribution in [3.8, 4) is 0 Å². The summed E-state index contributed by atoms with van der Waals surface area (Å²) in [4.78, 5) is 0. The number of nitrogens with one attached hydrogen (secondary N) is 1. The van der Waals surface area contributed by atoms with Crippen LogP contribution in [0.1, 0.15) is 63.0 Å². The summed E-state index contributed by atoms with van der Waals surface area (Å²) in [7, 11) is 0. The van der Waals surface area contributed by atoms with Gasteiger partial charge in [0.05, 0.1) is 0 Å². The van der Waals surface area contributed by atoms with Gasteiger partial charge < -0.3 is 5.41 Å². The van der Waals surface area contributed by atoms with Crippen molar-refractivity contribution < 1.29 is 0 Å². The summed E-state index contributed by atoms with van der Waals surface area (Å²) < 4.78 is 0. The maximum Gasteiger partial charge on any atom is 0.0253 e. The highest BCUT2D eigenvalue weighted by atomic mass is 14.4. The Balaban J connectivity index is 1.98. The molecule has 0 spiro atoms. The second-order valence-electron chi connectivity index (χ2n) is 6.51. The van der Waals surface area contributed by atoms with E-state index in [0.29, 0.717) is 11.8 Å². The fourth-order valence-corrected chi connectivity index (χ4v) is 4.15. The first-order valence-electron chi connectivity index (χ1n) is 8.18. The Kier molecular flexibility index (Phi) is 4.10. The van der Waals surface area contributed by atoms with Crippen LogP contribution in [0, 0.1) is 11.3 Å². The predicted octanol–water partition coefficient (Wildman–Crippen LogP) is 5.62. The standard InChI is InChI=1S/C20H25N/c1-14-11-12-17(15(14)2)19-9-5-6-10-20(19)18-8-4-3-7-16(18)13-21/h3-4,7-8,11,13,19-21H,5-6,9-10,12H2,1-2H3. The molecule has 1 aromatic rings. The van der Waals surface area contributed by atoms with Gasteiger partial charge in [0, 0.05) is 6.21 Å². The second-order valence-corrected chi connectivity index (χ2v) is 6.51. The molecule has 2 aliphatic rings. The minimum atomic E-state index is 0.598. The number of rotatable bonds is 3. The molecule has 110 valence electrons. The van der Waals surface area contributed by atoms with Crippen molar-refractivity contribution in [3.05, 3.63) is 58.2 Å². The lowest BCUT2D eigenvalue weighted by molar-refractivity contribution is 0.343. The second kappa shape index (κ2) is 6.01. The Morgan fingerprint density at radius 1 is 1.05 bits per heavy atom. The fourth-order valence-electron chi connectivity index (χ4n) is 4.15. The van der Waals surface area contributed by atoms with E-state index >= 15 is 0 Å². The van der Waals surface area contributed by atoms with Crippen LogP contribution < -0.4 is 0 Å². The van der Waals surface area contributed by atoms with E-state index < -0.39 is 0 Å². The van der Waals surface area contributed by atoms with Crippen LogP contribution in [-0.2, 0) is 0 Å². The molecule has 0 bridgehead atoms. The Labute approximate surface area is 128 Å². The Morgan fingerprint density at radius 2 is 1.76 bits per heavy atom. The molecule has 1 aromatic carbocycles. The summed E-state index contributed by atoms with van der Waals surface area (Å²) in [5.41, 5.74) is 7.16. The lowest BCUT2D eigenvalue weighted by Gasteiger charge is -2.34. The molecule has 0 heterocycles. The van der Waals surface area contributed by atoms with Crippen LogP contribution >= 0.6 is 0 Å². The molecule has 0 amide bonds. The van der Waals surface area contributed by atoms with Gasteiger partial charge in [0.2, 0.25) is 0 Å². The van der Waals surface area contributed by atoms with Gasteiger partial charge in [0.15, 0.2) is 0 Å². The smallest absolute Gasteiger partial charge is 0.0253 e. The maximum absolute atomic E-state index is 7.70. The van der Waals surface area contributed by atoms with Crippen molar-refractivity contribution in [2.75, 3.05) is 0 Å². The van der Waals surface area contributed by atoms with E-state index in [1.165, 1.54) is 48.6 Å². The van der Waals surface area contributed by atoms with E-state index in [1.807, 2.05) is 6.07 Å². The van der Waals surface area contributed by atoms with Crippen molar-refractivity contribution in [3.63, 3.8) is 0 Å². The molecule has 0 radical (unpaired) electrons. The minimum Gasteiger partial charge on any atom is -0.308 e. The number of benzene rings is 1. The molecule has 1 N–H and O–H groups in total. The normalized spacial score (nSPS) is 25.9. The fraction of sp³-hybridized carbons (Fsp3) is 0.450. The average molecular weight is 279 g/mol. The molecule has 0 saturated heterocycles. The van der Waals surface area contributed by atoms with E-state index in [-0.39, 0.29) is 0 Å². The highest BCUT2D eigenvalue weighted by molar-refractivity contribution is 5.79. The largest absolute Gasteiger partial charge is 0.308 e. The van der Waals surface area contributed by atoms with Gasteiger partial charge in [-0.1, -0.05) is 54.3 Å². The van der Waals surface area contributed by atoms with Crippen molar-refractivity contribution >= 4 is 6.21 Å². The lowest BCUT2D eigenvalue weighted by Crippen LogP contribution is -2.21. The monoisotopic (exact) mass is 279 g/mol. The van der Waals surface area contributed by atoms with Gasteiger partial charge in [-0.05, 0) is 61.6 Å². The molecule has 3 rings (SSSR count). The molecule has 1 saturated carbocycles. The number of allylic oxidation sites excluding steroid dienone is 4. The van der Waals surface area contributed by atoms with Crippen LogP contribution in [0.4, 0.5) is 0 Å². The molecule has 1 nitrogen and oxygen atoms in total. The van der Waals surface area contributed by atoms with Gasteiger partial charge in [0.25, 0.3) is 0 Å². The molecule has 0 aliphatic heterocycles. The first kappa shape index (κ1) is 14.3. The van der Waals surface area contributed by atoms with Gasteiger partial charge in [-0.2, -0.15) is 0 Å². The summed E-state index contributed by atoms with van der Waals surface area (Å²) in [5, 5.41) is 7.70. The van der Waals surface area contributed by atoms with Gasteiger partial charge in [-0.3, -0.25) is 0 Å². The molecule has 1 heteroatoms. The summed E-state index contributed by atoms with van der Waals surface area (Å²) in [6, 6.07) is 8.52. The van der Waals surface area contributed by atoms with Gasteiger partial charge in [-0.25, -0.2) is 0 Å². The number of hydrogen-bond donors (Lipinski definition) is 1. The van der Waals surface area contributed by atoms with Crippen molar-refractivity contribution in [2.45, 2.75) is 51.9 Å². The number of hydrogen-bond acceptors (Lipinski definition) is 1. The average Bonchev–Trinajstić information content (AvgIpc) is 2.87. The molecular weight excluding hydrogens is 254 g/mol. The van der Waals surface area contributed by atoms with Crippen LogP contribution in [0.15, 0.2) is 47.1 Å². The van der Waals surface area contributed by atoms with Crippen molar-refractivity contribution in [1.82, 2.24) is 0 Å². The minimum absolute atomic E-state index is 0.598. The molecule has 1 fully saturated rings. The van der Waals surface area contributed by atoms with Gasteiger partial charge in [-0.15, -0.1) is 0 Å². The third-order valence-electron chi connectivity index (χ3n) is 5.47. The molecular formula is C20H25N. The quantitative estimate of drug-likeness (QED) is 0.694. The van der Waals surface area contributed by atoms with Crippen LogP contribution in [0.2, 0.25) is 0 Å². The van der Waals surface area contributed by atoms with E-state index in [2.05, 4.69) is 38.1 Å². The van der Waals surface area contributed by atoms with Crippen LogP contribution in [0.5, 0.6) is 0 Å². The predicted molar refractivity (Wildman–Crippen MR) is 90.1 cm³/mol. The van der Waals surface area contributed by atoms with E-state index in [9.17, 15) is 0 Å². The van der Waals surface area contributed by atoms with E-state index in [0.717, 1.165) is 12.0 Å². The first-order chi connectivity index (χ1) is 10.2. The molecule has 2 unspecified atom stereocenters. The Bertz CT molecular complexity index is 606. The SMILES string of the molecule is CC1=CCC(C2CCCCC2c2ccccc2C=N)=C1C. The highest BCUT2D eigenvalue weighted by Crippen LogP contribution is 2.46. The maximum atomic E-state index is 7.70. The summed E-state index contributed by atoms with van der Waals surface area (Å²) in [6.07, 6.45) is 10.3. The van der Waals surface area contributed by atoms with Gasteiger partial charge >= 0.3 is 0 Å². The zero-order valence-electron chi connectivity index (χ0n) is 13.2. The zero-order valence-corrected chi connectivity index (χ0v) is 13.2. The third kappa shape index (κ3) is 2.62. The Morgan fingerprint density at radius 3 is 2.43 bits per heavy atom. The lowest BCUT2D eigenvalue weighted by atomic mass is 9.70. The van der Waals surface area contributed by atoms with Crippen LogP contribution in [-0.4, -0.2) is 6.21 Å². The van der Waals surface area contributed by atoms with E-state index in [4.69, 9.17) is 5.41 Å². The summed E-state index contributed by atoms with van der Waals surface area (Å²) >= 11 is 0. The zero-order chi connectivity index (χ0) is 14.8. The van der Waals surface area contributed by atoms with E-state index in [1.54, 1.807) is 5.57 Å². The Hall–Kier alpha value is -1.63. The molecule has 0 aromatic heterocycles. The van der Waals surface area contributed by atoms with Crippen molar-refractivity contribution in [2.24, 2.45) is 5.92 Å². The summed E-state index contributed by atoms with van der Waals surface area (Å²) in [5.74, 6) is 1.27. The van der Waals surface area contributed by atoms with Crippen molar-refractivity contribution in [1.29, 1.82) is 5.41 Å². The van der Waals surface area contributed by atoms with Gasteiger partial charge in [0.1, 0.15) is 0 Å².